The van der Waals surface area contributed by atoms with Crippen LogP contribution in [0.3, 0.4) is 0 Å². The van der Waals surface area contributed by atoms with Crippen LogP contribution in [0.25, 0.3) is 10.6 Å². The normalized spacial score (nSPS) is 10.5. The lowest BCUT2D eigenvalue weighted by Crippen LogP contribution is -2.04. The van der Waals surface area contributed by atoms with Crippen LogP contribution in [0.15, 0.2) is 29.6 Å². The first-order valence-electron chi connectivity index (χ1n) is 7.15. The number of nitrogens with zero attached hydrogens (tertiary/aromatic N) is 3. The molecule has 0 atom stereocenters. The van der Waals surface area contributed by atoms with E-state index < -0.39 is 4.92 Å². The van der Waals surface area contributed by atoms with Crippen molar-refractivity contribution in [2.45, 2.75) is 13.8 Å². The number of amides is 1. The summed E-state index contributed by atoms with van der Waals surface area (Å²) in [4.78, 5) is 31.4. The average molecular weight is 375 g/mol. The maximum Gasteiger partial charge on any atom is 0.292 e. The van der Waals surface area contributed by atoms with Crippen molar-refractivity contribution in [2.24, 2.45) is 0 Å². The minimum absolute atomic E-state index is 0.0128. The van der Waals surface area contributed by atoms with Gasteiger partial charge >= 0.3 is 0 Å². The Morgan fingerprint density at radius 2 is 2.00 bits per heavy atom. The van der Waals surface area contributed by atoms with Crippen molar-refractivity contribution in [3.05, 3.63) is 45.5 Å². The summed E-state index contributed by atoms with van der Waals surface area (Å²) >= 11 is 2.67. The van der Waals surface area contributed by atoms with E-state index in [1.807, 2.05) is 12.3 Å². The van der Waals surface area contributed by atoms with E-state index in [4.69, 9.17) is 0 Å². The average Bonchev–Trinajstić information content (AvgIpc) is 3.13. The number of aromatic nitrogens is 2. The van der Waals surface area contributed by atoms with Gasteiger partial charge < -0.3 is 10.6 Å². The van der Waals surface area contributed by atoms with Crippen LogP contribution >= 0.6 is 22.7 Å². The lowest BCUT2D eigenvalue weighted by Gasteiger charge is -2.02. The van der Waals surface area contributed by atoms with Crippen LogP contribution in [0.4, 0.5) is 21.6 Å². The highest BCUT2D eigenvalue weighted by atomic mass is 32.1. The number of nitro groups is 1. The lowest BCUT2D eigenvalue weighted by atomic mass is 10.3. The molecule has 10 heteroatoms. The van der Waals surface area contributed by atoms with Gasteiger partial charge in [0.15, 0.2) is 10.3 Å². The molecule has 0 saturated heterocycles. The van der Waals surface area contributed by atoms with E-state index in [2.05, 4.69) is 20.6 Å². The number of hydrogen-bond acceptors (Lipinski definition) is 8. The van der Waals surface area contributed by atoms with E-state index in [0.29, 0.717) is 21.6 Å². The van der Waals surface area contributed by atoms with Crippen LogP contribution in [0.5, 0.6) is 0 Å². The smallest absolute Gasteiger partial charge is 0.292 e. The second-order valence-electron chi connectivity index (χ2n) is 5.05. The van der Waals surface area contributed by atoms with Crippen molar-refractivity contribution in [2.75, 3.05) is 10.6 Å². The van der Waals surface area contributed by atoms with Crippen molar-refractivity contribution in [1.82, 2.24) is 9.97 Å². The number of hydrogen-bond donors (Lipinski definition) is 2. The molecule has 2 heterocycles. The predicted octanol–water partition coefficient (Wildman–Crippen LogP) is 4.19. The molecule has 8 nitrogen and oxygen atoms in total. The fraction of sp³-hybridized carbons (Fsp3) is 0.133. The summed E-state index contributed by atoms with van der Waals surface area (Å²) in [6.45, 7) is 3.26. The van der Waals surface area contributed by atoms with Crippen molar-refractivity contribution in [3.8, 4) is 10.6 Å². The largest absolute Gasteiger partial charge is 0.326 e. The molecule has 0 spiro atoms. The zero-order chi connectivity index (χ0) is 18.0. The minimum Gasteiger partial charge on any atom is -0.326 e. The molecular formula is C15H13N5O3S2. The van der Waals surface area contributed by atoms with Gasteiger partial charge in [0.25, 0.3) is 5.69 Å². The summed E-state index contributed by atoms with van der Waals surface area (Å²) in [5.74, 6) is -0.183. The van der Waals surface area contributed by atoms with Gasteiger partial charge in [-0.25, -0.2) is 9.97 Å². The molecule has 0 bridgehead atoms. The maximum atomic E-state index is 11.1. The standard InChI is InChI=1S/C15H13N5O3S2/c1-8-13(25-15(16-8)17-9(2)21)11-7-24-14(19-11)18-10-5-3-4-6-12(10)20(22)23/h3-7H,1-2H3,(H,18,19)(H,16,17,21). The number of nitro benzene ring substituents is 1. The Bertz CT molecular complexity index is 950. The van der Waals surface area contributed by atoms with E-state index in [0.717, 1.165) is 10.6 Å². The number of nitrogens with one attached hydrogen (secondary N) is 2. The van der Waals surface area contributed by atoms with E-state index in [-0.39, 0.29) is 11.6 Å². The van der Waals surface area contributed by atoms with E-state index in [9.17, 15) is 14.9 Å². The Morgan fingerprint density at radius 1 is 1.24 bits per heavy atom. The first-order chi connectivity index (χ1) is 11.9. The van der Waals surface area contributed by atoms with Crippen molar-refractivity contribution < 1.29 is 9.72 Å². The molecule has 3 rings (SSSR count). The number of rotatable bonds is 5. The Kier molecular flexibility index (Phi) is 4.72. The fourth-order valence-corrected chi connectivity index (χ4v) is 3.89. The lowest BCUT2D eigenvalue weighted by molar-refractivity contribution is -0.383. The fourth-order valence-electron chi connectivity index (χ4n) is 2.13. The molecule has 0 aliphatic rings. The van der Waals surface area contributed by atoms with Crippen LogP contribution < -0.4 is 10.6 Å². The number of anilines is 3. The minimum atomic E-state index is -0.441. The van der Waals surface area contributed by atoms with E-state index in [1.54, 1.807) is 18.2 Å². The number of para-hydroxylation sites is 2. The van der Waals surface area contributed by atoms with Crippen molar-refractivity contribution in [3.63, 3.8) is 0 Å². The quantitative estimate of drug-likeness (QED) is 0.511. The van der Waals surface area contributed by atoms with Crippen molar-refractivity contribution >= 4 is 50.2 Å². The van der Waals surface area contributed by atoms with Gasteiger partial charge in [-0.3, -0.25) is 14.9 Å². The molecule has 2 N–H and O–H groups in total. The highest BCUT2D eigenvalue weighted by molar-refractivity contribution is 7.20. The molecule has 0 fully saturated rings. The number of thiazole rings is 2. The molecule has 0 unspecified atom stereocenters. The Balaban J connectivity index is 1.85. The Morgan fingerprint density at radius 3 is 2.72 bits per heavy atom. The Hall–Kier alpha value is -2.85. The number of carbonyl (C=O) groups excluding carboxylic acids is 1. The van der Waals surface area contributed by atoms with Gasteiger partial charge in [-0.15, -0.1) is 11.3 Å². The highest BCUT2D eigenvalue weighted by Crippen LogP contribution is 2.36. The van der Waals surface area contributed by atoms with Crippen LogP contribution in [0, 0.1) is 17.0 Å². The highest BCUT2D eigenvalue weighted by Gasteiger charge is 2.16. The van der Waals surface area contributed by atoms with Gasteiger partial charge in [0, 0.05) is 18.4 Å². The second-order valence-corrected chi connectivity index (χ2v) is 6.91. The van der Waals surface area contributed by atoms with Crippen molar-refractivity contribution in [1.29, 1.82) is 0 Å². The molecule has 0 radical (unpaired) electrons. The third-order valence-corrected chi connectivity index (χ3v) is 5.01. The molecular weight excluding hydrogens is 362 g/mol. The predicted molar refractivity (Wildman–Crippen MR) is 98.6 cm³/mol. The second kappa shape index (κ2) is 6.95. The van der Waals surface area contributed by atoms with E-state index >= 15 is 0 Å². The van der Waals surface area contributed by atoms with Crippen LogP contribution in [-0.4, -0.2) is 20.8 Å². The molecule has 2 aromatic heterocycles. The Labute approximate surface area is 150 Å². The molecule has 25 heavy (non-hydrogen) atoms. The van der Waals surface area contributed by atoms with Gasteiger partial charge in [0.05, 0.1) is 21.2 Å². The molecule has 0 aliphatic heterocycles. The van der Waals surface area contributed by atoms with Gasteiger partial charge in [-0.1, -0.05) is 23.5 Å². The summed E-state index contributed by atoms with van der Waals surface area (Å²) < 4.78 is 0. The third kappa shape index (κ3) is 3.80. The summed E-state index contributed by atoms with van der Waals surface area (Å²) in [7, 11) is 0. The third-order valence-electron chi connectivity index (χ3n) is 3.16. The zero-order valence-corrected chi connectivity index (χ0v) is 14.9. The molecule has 1 amide bonds. The molecule has 3 aromatic rings. The van der Waals surface area contributed by atoms with Crippen LogP contribution in [0.1, 0.15) is 12.6 Å². The van der Waals surface area contributed by atoms with Gasteiger partial charge in [0.2, 0.25) is 5.91 Å². The molecule has 0 saturated carbocycles. The summed E-state index contributed by atoms with van der Waals surface area (Å²) in [5, 5.41) is 19.6. The monoisotopic (exact) mass is 375 g/mol. The topological polar surface area (TPSA) is 110 Å². The summed E-state index contributed by atoms with van der Waals surface area (Å²) in [6.07, 6.45) is 0. The van der Waals surface area contributed by atoms with E-state index in [1.165, 1.54) is 35.7 Å². The molecule has 0 aliphatic carbocycles. The summed E-state index contributed by atoms with van der Waals surface area (Å²) in [5.41, 5.74) is 1.84. The van der Waals surface area contributed by atoms with Gasteiger partial charge in [-0.05, 0) is 13.0 Å². The maximum absolute atomic E-state index is 11.1. The molecule has 1 aromatic carbocycles. The molecule has 128 valence electrons. The zero-order valence-electron chi connectivity index (χ0n) is 13.3. The number of aryl methyl sites for hydroxylation is 1. The first kappa shape index (κ1) is 17.0. The van der Waals surface area contributed by atoms with Gasteiger partial charge in [-0.2, -0.15) is 0 Å². The number of benzene rings is 1. The first-order valence-corrected chi connectivity index (χ1v) is 8.85. The summed E-state index contributed by atoms with van der Waals surface area (Å²) in [6, 6.07) is 6.40. The number of carbonyl (C=O) groups is 1. The van der Waals surface area contributed by atoms with Crippen LogP contribution in [0.2, 0.25) is 0 Å². The van der Waals surface area contributed by atoms with Gasteiger partial charge in [0.1, 0.15) is 5.69 Å². The SMILES string of the molecule is CC(=O)Nc1nc(C)c(-c2csc(Nc3ccccc3[N+](=O)[O-])n2)s1. The van der Waals surface area contributed by atoms with Crippen LogP contribution in [-0.2, 0) is 4.79 Å².